The SMILES string of the molecule is Cc1cc(C)cc(N2C(=O)CS(=O)(=O)[C@@]23C(=O)N(Cc2ccccc2Cl)c2ccccc23)c1. The second-order valence-corrected chi connectivity index (χ2v) is 11.0. The zero-order valence-corrected chi connectivity index (χ0v) is 19.7. The fourth-order valence-corrected chi connectivity index (χ4v) is 7.15. The molecule has 6 nitrogen and oxygen atoms in total. The zero-order valence-electron chi connectivity index (χ0n) is 18.1. The molecule has 5 rings (SSSR count). The molecule has 1 atom stereocenters. The van der Waals surface area contributed by atoms with Gasteiger partial charge in [-0.2, -0.15) is 0 Å². The second-order valence-electron chi connectivity index (χ2n) is 8.48. The summed E-state index contributed by atoms with van der Waals surface area (Å²) in [7, 11) is -4.20. The summed E-state index contributed by atoms with van der Waals surface area (Å²) >= 11 is 6.35. The highest BCUT2D eigenvalue weighted by atomic mass is 35.5. The van der Waals surface area contributed by atoms with Gasteiger partial charge in [-0.15, -0.1) is 0 Å². The number of anilines is 2. The summed E-state index contributed by atoms with van der Waals surface area (Å²) < 4.78 is 27.3. The number of rotatable bonds is 3. The van der Waals surface area contributed by atoms with Crippen LogP contribution in [0.5, 0.6) is 0 Å². The smallest absolute Gasteiger partial charge is 0.274 e. The number of carbonyl (C=O) groups is 2. The Hall–Kier alpha value is -3.16. The van der Waals surface area contributed by atoms with E-state index in [1.165, 1.54) is 9.80 Å². The van der Waals surface area contributed by atoms with Gasteiger partial charge in [-0.25, -0.2) is 8.42 Å². The predicted octanol–water partition coefficient (Wildman–Crippen LogP) is 4.12. The number of aryl methyl sites for hydroxylation is 2. The number of amides is 2. The lowest BCUT2D eigenvalue weighted by molar-refractivity contribution is -0.123. The van der Waals surface area contributed by atoms with Crippen molar-refractivity contribution in [1.82, 2.24) is 0 Å². The first kappa shape index (κ1) is 21.7. The van der Waals surface area contributed by atoms with E-state index in [9.17, 15) is 18.0 Å². The molecule has 3 aromatic rings. The minimum Gasteiger partial charge on any atom is -0.304 e. The molecule has 0 aliphatic carbocycles. The van der Waals surface area contributed by atoms with Gasteiger partial charge in [0.25, 0.3) is 10.8 Å². The lowest BCUT2D eigenvalue weighted by Gasteiger charge is -2.33. The van der Waals surface area contributed by atoms with E-state index >= 15 is 0 Å². The summed E-state index contributed by atoms with van der Waals surface area (Å²) in [6.07, 6.45) is 0. The molecule has 0 N–H and O–H groups in total. The highest BCUT2D eigenvalue weighted by Gasteiger charge is 2.69. The van der Waals surface area contributed by atoms with E-state index in [0.717, 1.165) is 11.1 Å². The average molecular weight is 481 g/mol. The van der Waals surface area contributed by atoms with Gasteiger partial charge in [0.2, 0.25) is 5.91 Å². The number of fused-ring (bicyclic) bond motifs is 2. The number of hydrogen-bond donors (Lipinski definition) is 0. The van der Waals surface area contributed by atoms with Crippen molar-refractivity contribution in [3.05, 3.63) is 94.0 Å². The Morgan fingerprint density at radius 3 is 2.27 bits per heavy atom. The third kappa shape index (κ3) is 3.03. The van der Waals surface area contributed by atoms with Gasteiger partial charge in [-0.3, -0.25) is 14.5 Å². The van der Waals surface area contributed by atoms with Crippen LogP contribution in [0.25, 0.3) is 0 Å². The third-order valence-electron chi connectivity index (χ3n) is 6.17. The van der Waals surface area contributed by atoms with Crippen LogP contribution in [0.1, 0.15) is 22.3 Å². The topological polar surface area (TPSA) is 74.8 Å². The fourth-order valence-electron chi connectivity index (χ4n) is 4.93. The number of benzene rings is 3. The molecular weight excluding hydrogens is 460 g/mol. The van der Waals surface area contributed by atoms with Crippen molar-refractivity contribution in [2.45, 2.75) is 25.3 Å². The van der Waals surface area contributed by atoms with Crippen LogP contribution in [0, 0.1) is 13.8 Å². The van der Waals surface area contributed by atoms with Crippen LogP contribution in [0.3, 0.4) is 0 Å². The van der Waals surface area contributed by atoms with Gasteiger partial charge >= 0.3 is 0 Å². The molecule has 0 unspecified atom stereocenters. The molecule has 8 heteroatoms. The molecule has 3 aromatic carbocycles. The number of halogens is 1. The van der Waals surface area contributed by atoms with Crippen LogP contribution < -0.4 is 9.80 Å². The molecule has 33 heavy (non-hydrogen) atoms. The monoisotopic (exact) mass is 480 g/mol. The van der Waals surface area contributed by atoms with Crippen LogP contribution in [0.15, 0.2) is 66.7 Å². The summed E-state index contributed by atoms with van der Waals surface area (Å²) in [6, 6.07) is 19.3. The Bertz CT molecular complexity index is 1420. The van der Waals surface area contributed by atoms with Gasteiger partial charge in [0, 0.05) is 16.3 Å². The van der Waals surface area contributed by atoms with Gasteiger partial charge in [-0.1, -0.05) is 54.1 Å². The Kier molecular flexibility index (Phi) is 4.88. The van der Waals surface area contributed by atoms with Crippen molar-refractivity contribution < 1.29 is 18.0 Å². The van der Waals surface area contributed by atoms with E-state index in [0.29, 0.717) is 22.0 Å². The molecule has 1 saturated heterocycles. The summed E-state index contributed by atoms with van der Waals surface area (Å²) in [5.74, 6) is -2.03. The quantitative estimate of drug-likeness (QED) is 0.565. The Morgan fingerprint density at radius 1 is 0.939 bits per heavy atom. The lowest BCUT2D eigenvalue weighted by Crippen LogP contribution is -2.54. The Morgan fingerprint density at radius 2 is 1.58 bits per heavy atom. The van der Waals surface area contributed by atoms with E-state index < -0.39 is 32.3 Å². The molecule has 0 aromatic heterocycles. The van der Waals surface area contributed by atoms with E-state index in [1.54, 1.807) is 60.7 Å². The maximum absolute atomic E-state index is 14.1. The largest absolute Gasteiger partial charge is 0.304 e. The Balaban J connectivity index is 1.76. The van der Waals surface area contributed by atoms with Crippen LogP contribution in [-0.4, -0.2) is 26.0 Å². The maximum Gasteiger partial charge on any atom is 0.274 e. The fraction of sp³-hybridized carbons (Fsp3) is 0.200. The highest BCUT2D eigenvalue weighted by molar-refractivity contribution is 7.94. The number of carbonyl (C=O) groups excluding carboxylic acids is 2. The van der Waals surface area contributed by atoms with Crippen molar-refractivity contribution in [2.24, 2.45) is 0 Å². The highest BCUT2D eigenvalue weighted by Crippen LogP contribution is 2.53. The second kappa shape index (κ2) is 7.43. The van der Waals surface area contributed by atoms with Crippen LogP contribution in [0.4, 0.5) is 11.4 Å². The van der Waals surface area contributed by atoms with E-state index in [-0.39, 0.29) is 12.1 Å². The number of nitrogens with zero attached hydrogens (tertiary/aromatic N) is 2. The van der Waals surface area contributed by atoms with Crippen LogP contribution in [0.2, 0.25) is 5.02 Å². The first-order valence-electron chi connectivity index (χ1n) is 10.5. The number of sulfone groups is 1. The number of para-hydroxylation sites is 1. The molecule has 2 heterocycles. The van der Waals surface area contributed by atoms with Gasteiger partial charge < -0.3 is 4.90 Å². The molecule has 0 bridgehead atoms. The molecule has 1 fully saturated rings. The van der Waals surface area contributed by atoms with Crippen molar-refractivity contribution >= 4 is 44.6 Å². The van der Waals surface area contributed by atoms with E-state index in [4.69, 9.17) is 11.6 Å². The molecule has 1 spiro atoms. The van der Waals surface area contributed by atoms with Crippen molar-refractivity contribution in [1.29, 1.82) is 0 Å². The third-order valence-corrected chi connectivity index (χ3v) is 8.65. The molecule has 2 aliphatic heterocycles. The van der Waals surface area contributed by atoms with E-state index in [2.05, 4.69) is 0 Å². The lowest BCUT2D eigenvalue weighted by atomic mass is 10.0. The van der Waals surface area contributed by atoms with Crippen LogP contribution in [-0.2, 0) is 30.8 Å². The zero-order chi connectivity index (χ0) is 23.5. The van der Waals surface area contributed by atoms with Gasteiger partial charge in [0.1, 0.15) is 5.75 Å². The molecule has 0 radical (unpaired) electrons. The molecule has 0 saturated carbocycles. The molecule has 2 aliphatic rings. The predicted molar refractivity (Wildman–Crippen MR) is 128 cm³/mol. The summed E-state index contributed by atoms with van der Waals surface area (Å²) in [4.78, 5) is 27.8. The normalized spacial score (nSPS) is 21.2. The van der Waals surface area contributed by atoms with Gasteiger partial charge in [0.15, 0.2) is 9.84 Å². The van der Waals surface area contributed by atoms with Crippen LogP contribution >= 0.6 is 11.6 Å². The van der Waals surface area contributed by atoms with Crippen molar-refractivity contribution in [2.75, 3.05) is 15.6 Å². The summed E-state index contributed by atoms with van der Waals surface area (Å²) in [6.45, 7) is 3.82. The first-order chi connectivity index (χ1) is 15.7. The number of hydrogen-bond acceptors (Lipinski definition) is 4. The van der Waals surface area contributed by atoms with Crippen molar-refractivity contribution in [3.8, 4) is 0 Å². The minimum absolute atomic E-state index is 0.0850. The standard InChI is InChI=1S/C25H21ClN2O4S/c1-16-11-17(2)13-19(12-16)28-23(29)15-33(31,32)25(28)20-8-4-6-10-22(20)27(24(25)30)14-18-7-3-5-9-21(18)26/h3-13H,14-15H2,1-2H3/t25-/m0/s1. The summed E-state index contributed by atoms with van der Waals surface area (Å²) in [5.41, 5.74) is 3.54. The van der Waals surface area contributed by atoms with E-state index in [1.807, 2.05) is 19.9 Å². The van der Waals surface area contributed by atoms with Gasteiger partial charge in [0.05, 0.1) is 12.2 Å². The maximum atomic E-state index is 14.1. The van der Waals surface area contributed by atoms with Gasteiger partial charge in [-0.05, 0) is 54.8 Å². The Labute approximate surface area is 197 Å². The molecule has 2 amide bonds. The first-order valence-corrected chi connectivity index (χ1v) is 12.5. The van der Waals surface area contributed by atoms with Crippen molar-refractivity contribution in [3.63, 3.8) is 0 Å². The average Bonchev–Trinajstić information content (AvgIpc) is 3.12. The molecular formula is C25H21ClN2O4S. The minimum atomic E-state index is -4.20. The molecule has 168 valence electrons. The summed E-state index contributed by atoms with van der Waals surface area (Å²) in [5, 5.41) is 0.472.